The number of hydrogen-bond donors (Lipinski definition) is 2. The van der Waals surface area contributed by atoms with Gasteiger partial charge in [0.1, 0.15) is 6.54 Å². The van der Waals surface area contributed by atoms with Gasteiger partial charge in [-0.3, -0.25) is 9.78 Å². The van der Waals surface area contributed by atoms with Gasteiger partial charge in [0, 0.05) is 31.0 Å². The number of hydrogen-bond acceptors (Lipinski definition) is 6. The second-order valence-electron chi connectivity index (χ2n) is 5.05. The van der Waals surface area contributed by atoms with Crippen LogP contribution in [0.4, 0.5) is 4.79 Å². The first kappa shape index (κ1) is 16.4. The fraction of sp³-hybridized carbons (Fsp3) is 0.357. The summed E-state index contributed by atoms with van der Waals surface area (Å²) < 4.78 is 5.11. The number of amides is 2. The van der Waals surface area contributed by atoms with Crippen molar-refractivity contribution in [2.75, 3.05) is 7.05 Å². The molecule has 9 nitrogen and oxygen atoms in total. The quantitative estimate of drug-likeness (QED) is 0.818. The van der Waals surface area contributed by atoms with E-state index in [1.807, 2.05) is 0 Å². The Hall–Kier alpha value is -2.97. The van der Waals surface area contributed by atoms with Gasteiger partial charge in [0.05, 0.1) is 6.42 Å². The number of nitrogens with one attached hydrogen (secondary N) is 1. The smallest absolute Gasteiger partial charge is 0.317 e. The molecule has 122 valence electrons. The van der Waals surface area contributed by atoms with Crippen LogP contribution in [0.5, 0.6) is 0 Å². The molecule has 0 radical (unpaired) electrons. The summed E-state index contributed by atoms with van der Waals surface area (Å²) >= 11 is 0. The molecular formula is C14H17N5O4. The Morgan fingerprint density at radius 2 is 2.09 bits per heavy atom. The van der Waals surface area contributed by atoms with Crippen LogP contribution < -0.4 is 5.32 Å². The van der Waals surface area contributed by atoms with Crippen LogP contribution >= 0.6 is 0 Å². The molecule has 0 aliphatic heterocycles. The van der Waals surface area contributed by atoms with Crippen molar-refractivity contribution in [1.82, 2.24) is 25.3 Å². The Kier molecular flexibility index (Phi) is 5.23. The van der Waals surface area contributed by atoms with E-state index in [0.29, 0.717) is 5.82 Å². The van der Waals surface area contributed by atoms with E-state index in [4.69, 9.17) is 9.63 Å². The summed E-state index contributed by atoms with van der Waals surface area (Å²) in [5.74, 6) is -0.282. The zero-order valence-corrected chi connectivity index (χ0v) is 12.8. The number of aromatic nitrogens is 3. The summed E-state index contributed by atoms with van der Waals surface area (Å²) in [5, 5.41) is 15.1. The van der Waals surface area contributed by atoms with E-state index >= 15 is 0 Å². The predicted molar refractivity (Wildman–Crippen MR) is 79.2 cm³/mol. The monoisotopic (exact) mass is 319 g/mol. The number of rotatable bonds is 6. The molecule has 2 amide bonds. The first-order valence-electron chi connectivity index (χ1n) is 6.92. The van der Waals surface area contributed by atoms with Crippen molar-refractivity contribution in [3.05, 3.63) is 30.4 Å². The third-order valence-corrected chi connectivity index (χ3v) is 2.98. The highest BCUT2D eigenvalue weighted by Gasteiger charge is 2.17. The van der Waals surface area contributed by atoms with Crippen LogP contribution in [0.2, 0.25) is 0 Å². The molecule has 0 fully saturated rings. The van der Waals surface area contributed by atoms with Crippen molar-refractivity contribution in [3.63, 3.8) is 0 Å². The second kappa shape index (κ2) is 7.34. The van der Waals surface area contributed by atoms with E-state index < -0.39 is 18.0 Å². The van der Waals surface area contributed by atoms with Crippen molar-refractivity contribution >= 4 is 12.0 Å². The number of carbonyl (C=O) groups is 2. The maximum absolute atomic E-state index is 11.9. The molecule has 1 unspecified atom stereocenters. The number of carbonyl (C=O) groups excluding carboxylic acids is 1. The lowest BCUT2D eigenvalue weighted by atomic mass is 10.2. The molecule has 0 spiro atoms. The van der Waals surface area contributed by atoms with Gasteiger partial charge in [-0.15, -0.1) is 0 Å². The normalized spacial score (nSPS) is 11.7. The SMILES string of the molecule is CC(CC(=O)O)NC(=O)N(C)Cc1nc(-c2ccncc2)no1. The predicted octanol–water partition coefficient (Wildman–Crippen LogP) is 1.14. The van der Waals surface area contributed by atoms with Crippen LogP contribution in [0.15, 0.2) is 29.0 Å². The molecule has 0 aliphatic rings. The number of urea groups is 1. The van der Waals surface area contributed by atoms with E-state index in [-0.39, 0.29) is 18.9 Å². The lowest BCUT2D eigenvalue weighted by Crippen LogP contribution is -2.42. The molecule has 0 saturated heterocycles. The molecule has 0 saturated carbocycles. The minimum atomic E-state index is -0.973. The van der Waals surface area contributed by atoms with Gasteiger partial charge in [0.15, 0.2) is 0 Å². The topological polar surface area (TPSA) is 121 Å². The molecule has 2 aromatic rings. The zero-order valence-electron chi connectivity index (χ0n) is 12.8. The molecule has 2 aromatic heterocycles. The largest absolute Gasteiger partial charge is 0.481 e. The highest BCUT2D eigenvalue weighted by Crippen LogP contribution is 2.14. The lowest BCUT2D eigenvalue weighted by Gasteiger charge is -2.18. The van der Waals surface area contributed by atoms with E-state index in [1.54, 1.807) is 38.5 Å². The van der Waals surface area contributed by atoms with Gasteiger partial charge >= 0.3 is 12.0 Å². The van der Waals surface area contributed by atoms with Gasteiger partial charge in [0.25, 0.3) is 0 Å². The van der Waals surface area contributed by atoms with Crippen molar-refractivity contribution in [1.29, 1.82) is 0 Å². The molecule has 0 bridgehead atoms. The molecule has 23 heavy (non-hydrogen) atoms. The molecule has 0 aromatic carbocycles. The van der Waals surface area contributed by atoms with Crippen molar-refractivity contribution < 1.29 is 19.2 Å². The number of nitrogens with zero attached hydrogens (tertiary/aromatic N) is 4. The number of aliphatic carboxylic acids is 1. The first-order valence-corrected chi connectivity index (χ1v) is 6.92. The average molecular weight is 319 g/mol. The van der Waals surface area contributed by atoms with Gasteiger partial charge in [0.2, 0.25) is 11.7 Å². The van der Waals surface area contributed by atoms with Gasteiger partial charge < -0.3 is 19.8 Å². The maximum Gasteiger partial charge on any atom is 0.317 e. The fourth-order valence-corrected chi connectivity index (χ4v) is 1.85. The molecule has 2 N–H and O–H groups in total. The highest BCUT2D eigenvalue weighted by atomic mass is 16.5. The van der Waals surface area contributed by atoms with Crippen LogP contribution in [0, 0.1) is 0 Å². The van der Waals surface area contributed by atoms with Gasteiger partial charge in [-0.1, -0.05) is 5.16 Å². The number of pyridine rings is 1. The second-order valence-corrected chi connectivity index (χ2v) is 5.05. The molecule has 0 aliphatic carbocycles. The molecule has 2 heterocycles. The Morgan fingerprint density at radius 1 is 1.39 bits per heavy atom. The average Bonchev–Trinajstić information content (AvgIpc) is 2.95. The Balaban J connectivity index is 1.93. The minimum absolute atomic E-state index is 0.115. The van der Waals surface area contributed by atoms with Crippen molar-refractivity contribution in [3.8, 4) is 11.4 Å². The van der Waals surface area contributed by atoms with Gasteiger partial charge in [-0.05, 0) is 19.1 Å². The van der Waals surface area contributed by atoms with E-state index in [2.05, 4.69) is 20.4 Å². The van der Waals surface area contributed by atoms with E-state index in [1.165, 1.54) is 4.90 Å². The van der Waals surface area contributed by atoms with Crippen LogP contribution in [-0.2, 0) is 11.3 Å². The summed E-state index contributed by atoms with van der Waals surface area (Å²) in [7, 11) is 1.55. The summed E-state index contributed by atoms with van der Waals surface area (Å²) in [5.41, 5.74) is 0.761. The zero-order chi connectivity index (χ0) is 16.8. The summed E-state index contributed by atoms with van der Waals surface area (Å²) in [6.45, 7) is 1.73. The van der Waals surface area contributed by atoms with Crippen molar-refractivity contribution in [2.24, 2.45) is 0 Å². The highest BCUT2D eigenvalue weighted by molar-refractivity contribution is 5.75. The molecular weight excluding hydrogens is 302 g/mol. The third-order valence-electron chi connectivity index (χ3n) is 2.98. The van der Waals surface area contributed by atoms with Gasteiger partial charge in [-0.2, -0.15) is 4.98 Å². The lowest BCUT2D eigenvalue weighted by molar-refractivity contribution is -0.137. The molecule has 2 rings (SSSR count). The number of carboxylic acid groups (broad SMARTS) is 1. The first-order chi connectivity index (χ1) is 11.0. The minimum Gasteiger partial charge on any atom is -0.481 e. The Bertz CT molecular complexity index is 673. The van der Waals surface area contributed by atoms with E-state index in [0.717, 1.165) is 5.56 Å². The Morgan fingerprint density at radius 3 is 2.74 bits per heavy atom. The third kappa shape index (κ3) is 4.77. The standard InChI is InChI=1S/C14H17N5O4/c1-9(7-12(20)21)16-14(22)19(2)8-11-17-13(18-23-11)10-3-5-15-6-4-10/h3-6,9H,7-8H2,1-2H3,(H,16,22)(H,20,21). The van der Waals surface area contributed by atoms with Gasteiger partial charge in [-0.25, -0.2) is 4.79 Å². The summed E-state index contributed by atoms with van der Waals surface area (Å²) in [6.07, 6.45) is 3.09. The Labute approximate surface area is 132 Å². The van der Waals surface area contributed by atoms with E-state index in [9.17, 15) is 9.59 Å². The van der Waals surface area contributed by atoms with Crippen molar-refractivity contribution in [2.45, 2.75) is 25.9 Å². The van der Waals surface area contributed by atoms with Crippen LogP contribution in [0.25, 0.3) is 11.4 Å². The van der Waals surface area contributed by atoms with Crippen LogP contribution in [0.3, 0.4) is 0 Å². The van der Waals surface area contributed by atoms with Crippen LogP contribution in [0.1, 0.15) is 19.2 Å². The molecule has 1 atom stereocenters. The van der Waals surface area contributed by atoms with Crippen LogP contribution in [-0.4, -0.2) is 50.2 Å². The molecule has 9 heteroatoms. The maximum atomic E-state index is 11.9. The summed E-state index contributed by atoms with van der Waals surface area (Å²) in [6, 6.07) is 2.61. The number of carboxylic acids is 1. The summed E-state index contributed by atoms with van der Waals surface area (Å²) in [4.78, 5) is 32.0. The fourth-order valence-electron chi connectivity index (χ4n) is 1.85.